The molecule has 0 fully saturated rings. The van der Waals surface area contributed by atoms with Gasteiger partial charge in [0.25, 0.3) is 0 Å². The van der Waals surface area contributed by atoms with E-state index in [0.717, 1.165) is 12.2 Å². The van der Waals surface area contributed by atoms with Crippen LogP contribution < -0.4 is 10.1 Å². The van der Waals surface area contributed by atoms with E-state index in [4.69, 9.17) is 9.84 Å². The summed E-state index contributed by atoms with van der Waals surface area (Å²) in [4.78, 5) is 11.6. The van der Waals surface area contributed by atoms with Crippen LogP contribution in [-0.2, 0) is 4.79 Å². The number of benzene rings is 1. The maximum Gasteiger partial charge on any atom is 0.220 e. The first-order chi connectivity index (χ1) is 9.61. The molecule has 112 valence electrons. The van der Waals surface area contributed by atoms with Crippen molar-refractivity contribution in [2.45, 2.75) is 33.1 Å². The predicted octanol–water partition coefficient (Wildman–Crippen LogP) is 2.29. The minimum absolute atomic E-state index is 0.0438. The van der Waals surface area contributed by atoms with Crippen LogP contribution in [0, 0.1) is 12.8 Å². The van der Waals surface area contributed by atoms with E-state index in [0.29, 0.717) is 31.9 Å². The maximum absolute atomic E-state index is 11.6. The molecule has 1 aromatic rings. The Labute approximate surface area is 121 Å². The highest BCUT2D eigenvalue weighted by atomic mass is 16.5. The second-order valence-corrected chi connectivity index (χ2v) is 5.19. The molecule has 0 radical (unpaired) electrons. The van der Waals surface area contributed by atoms with Gasteiger partial charge < -0.3 is 15.2 Å². The summed E-state index contributed by atoms with van der Waals surface area (Å²) in [5.74, 6) is 1.20. The van der Waals surface area contributed by atoms with E-state index >= 15 is 0 Å². The van der Waals surface area contributed by atoms with Crippen LogP contribution in [0.25, 0.3) is 0 Å². The standard InChI is InChI=1S/C16H25NO3/c1-13-5-7-15(8-6-13)20-11-3-4-16(19)17-12-14(2)9-10-18/h5-8,14,18H,3-4,9-12H2,1-2H3,(H,17,19). The van der Waals surface area contributed by atoms with Crippen LogP contribution in [0.15, 0.2) is 24.3 Å². The lowest BCUT2D eigenvalue weighted by Crippen LogP contribution is -2.28. The molecule has 0 aliphatic rings. The van der Waals surface area contributed by atoms with Crippen LogP contribution in [-0.4, -0.2) is 30.8 Å². The minimum Gasteiger partial charge on any atom is -0.494 e. The molecule has 4 heteroatoms. The molecule has 1 atom stereocenters. The minimum atomic E-state index is 0.0438. The Morgan fingerprint density at radius 1 is 1.35 bits per heavy atom. The summed E-state index contributed by atoms with van der Waals surface area (Å²) in [6.07, 6.45) is 1.89. The third-order valence-corrected chi connectivity index (χ3v) is 3.11. The van der Waals surface area contributed by atoms with Crippen molar-refractivity contribution in [3.63, 3.8) is 0 Å². The first kappa shape index (κ1) is 16.5. The highest BCUT2D eigenvalue weighted by molar-refractivity contribution is 5.75. The molecule has 0 aliphatic carbocycles. The number of aliphatic hydroxyl groups is 1. The van der Waals surface area contributed by atoms with E-state index in [1.807, 2.05) is 38.1 Å². The average molecular weight is 279 g/mol. The summed E-state index contributed by atoms with van der Waals surface area (Å²) in [5.41, 5.74) is 1.20. The summed E-state index contributed by atoms with van der Waals surface area (Å²) in [5, 5.41) is 11.6. The van der Waals surface area contributed by atoms with Crippen molar-refractivity contribution < 1.29 is 14.6 Å². The highest BCUT2D eigenvalue weighted by Gasteiger charge is 2.05. The summed E-state index contributed by atoms with van der Waals surface area (Å²) in [7, 11) is 0. The normalized spacial score (nSPS) is 11.9. The van der Waals surface area contributed by atoms with E-state index in [1.54, 1.807) is 0 Å². The molecule has 1 amide bonds. The van der Waals surface area contributed by atoms with Crippen LogP contribution in [0.5, 0.6) is 5.75 Å². The first-order valence-electron chi connectivity index (χ1n) is 7.19. The molecule has 0 heterocycles. The van der Waals surface area contributed by atoms with Gasteiger partial charge in [-0.2, -0.15) is 0 Å². The number of carbonyl (C=O) groups is 1. The van der Waals surface area contributed by atoms with E-state index in [9.17, 15) is 4.79 Å². The number of rotatable bonds is 9. The predicted molar refractivity (Wildman–Crippen MR) is 79.8 cm³/mol. The molecule has 1 unspecified atom stereocenters. The van der Waals surface area contributed by atoms with Gasteiger partial charge in [-0.1, -0.05) is 24.6 Å². The van der Waals surface area contributed by atoms with Gasteiger partial charge in [-0.25, -0.2) is 0 Å². The zero-order valence-electron chi connectivity index (χ0n) is 12.4. The van der Waals surface area contributed by atoms with Crippen LogP contribution in [0.2, 0.25) is 0 Å². The summed E-state index contributed by atoms with van der Waals surface area (Å²) in [6, 6.07) is 7.88. The lowest BCUT2D eigenvalue weighted by Gasteiger charge is -2.11. The molecule has 0 aliphatic heterocycles. The molecule has 1 rings (SSSR count). The van der Waals surface area contributed by atoms with Gasteiger partial charge in [0, 0.05) is 19.6 Å². The van der Waals surface area contributed by atoms with Gasteiger partial charge in [-0.3, -0.25) is 4.79 Å². The molecule has 0 spiro atoms. The van der Waals surface area contributed by atoms with Crippen molar-refractivity contribution in [1.29, 1.82) is 0 Å². The van der Waals surface area contributed by atoms with Crippen molar-refractivity contribution in [2.75, 3.05) is 19.8 Å². The zero-order valence-corrected chi connectivity index (χ0v) is 12.4. The average Bonchev–Trinajstić information content (AvgIpc) is 2.43. The Morgan fingerprint density at radius 3 is 2.70 bits per heavy atom. The Morgan fingerprint density at radius 2 is 2.05 bits per heavy atom. The summed E-state index contributed by atoms with van der Waals surface area (Å²) >= 11 is 0. The largest absolute Gasteiger partial charge is 0.494 e. The lowest BCUT2D eigenvalue weighted by atomic mass is 10.1. The van der Waals surface area contributed by atoms with Gasteiger partial charge in [0.2, 0.25) is 5.91 Å². The van der Waals surface area contributed by atoms with Crippen molar-refractivity contribution in [3.8, 4) is 5.75 Å². The molecule has 0 saturated heterocycles. The van der Waals surface area contributed by atoms with Gasteiger partial charge in [0.15, 0.2) is 0 Å². The molecule has 4 nitrogen and oxygen atoms in total. The maximum atomic E-state index is 11.6. The highest BCUT2D eigenvalue weighted by Crippen LogP contribution is 2.11. The van der Waals surface area contributed by atoms with Crippen molar-refractivity contribution in [3.05, 3.63) is 29.8 Å². The summed E-state index contributed by atoms with van der Waals surface area (Å²) in [6.45, 7) is 5.38. The van der Waals surface area contributed by atoms with Crippen molar-refractivity contribution in [2.24, 2.45) is 5.92 Å². The summed E-state index contributed by atoms with van der Waals surface area (Å²) < 4.78 is 5.56. The van der Waals surface area contributed by atoms with Gasteiger partial charge in [-0.15, -0.1) is 0 Å². The monoisotopic (exact) mass is 279 g/mol. The number of nitrogens with one attached hydrogen (secondary N) is 1. The first-order valence-corrected chi connectivity index (χ1v) is 7.19. The van der Waals surface area contributed by atoms with Gasteiger partial charge in [0.05, 0.1) is 6.61 Å². The fraction of sp³-hybridized carbons (Fsp3) is 0.562. The molecule has 1 aromatic carbocycles. The fourth-order valence-electron chi connectivity index (χ4n) is 1.76. The Hall–Kier alpha value is -1.55. The number of ether oxygens (including phenoxy) is 1. The van der Waals surface area contributed by atoms with Gasteiger partial charge >= 0.3 is 0 Å². The van der Waals surface area contributed by atoms with Gasteiger partial charge in [-0.05, 0) is 37.8 Å². The van der Waals surface area contributed by atoms with Gasteiger partial charge in [0.1, 0.15) is 5.75 Å². The Balaban J connectivity index is 2.08. The van der Waals surface area contributed by atoms with Crippen LogP contribution in [0.3, 0.4) is 0 Å². The zero-order chi connectivity index (χ0) is 14.8. The van der Waals surface area contributed by atoms with Crippen molar-refractivity contribution in [1.82, 2.24) is 5.32 Å². The SMILES string of the molecule is Cc1ccc(OCCCC(=O)NCC(C)CCO)cc1. The topological polar surface area (TPSA) is 58.6 Å². The quantitative estimate of drug-likeness (QED) is 0.682. The van der Waals surface area contributed by atoms with E-state index in [-0.39, 0.29) is 12.5 Å². The Bertz CT molecular complexity index is 389. The lowest BCUT2D eigenvalue weighted by molar-refractivity contribution is -0.121. The third-order valence-electron chi connectivity index (χ3n) is 3.11. The number of carbonyl (C=O) groups excluding carboxylic acids is 1. The molecular weight excluding hydrogens is 254 g/mol. The van der Waals surface area contributed by atoms with Crippen LogP contribution >= 0.6 is 0 Å². The molecular formula is C16H25NO3. The molecule has 20 heavy (non-hydrogen) atoms. The fourth-order valence-corrected chi connectivity index (χ4v) is 1.76. The molecule has 0 bridgehead atoms. The third kappa shape index (κ3) is 7.14. The number of amides is 1. The van der Waals surface area contributed by atoms with E-state index in [1.165, 1.54) is 5.56 Å². The second kappa shape index (κ2) is 9.37. The molecule has 0 saturated carbocycles. The number of aliphatic hydroxyl groups excluding tert-OH is 1. The number of aryl methyl sites for hydroxylation is 1. The number of hydrogen-bond donors (Lipinski definition) is 2. The van der Waals surface area contributed by atoms with E-state index < -0.39 is 0 Å². The van der Waals surface area contributed by atoms with Crippen LogP contribution in [0.4, 0.5) is 0 Å². The van der Waals surface area contributed by atoms with E-state index in [2.05, 4.69) is 5.32 Å². The Kier molecular flexibility index (Phi) is 7.73. The smallest absolute Gasteiger partial charge is 0.220 e. The molecule has 2 N–H and O–H groups in total. The molecule has 0 aromatic heterocycles. The van der Waals surface area contributed by atoms with Crippen LogP contribution in [0.1, 0.15) is 31.7 Å². The van der Waals surface area contributed by atoms with Crippen molar-refractivity contribution >= 4 is 5.91 Å². The second-order valence-electron chi connectivity index (χ2n) is 5.19. The number of hydrogen-bond acceptors (Lipinski definition) is 3.